The Kier molecular flexibility index (Phi) is 6.79. The summed E-state index contributed by atoms with van der Waals surface area (Å²) in [6, 6.07) is 13.3. The molecule has 3 atom stereocenters. The second kappa shape index (κ2) is 9.78. The van der Waals surface area contributed by atoms with Gasteiger partial charge in [-0.15, -0.1) is 0 Å². The second-order valence-corrected chi connectivity index (χ2v) is 9.61. The topological polar surface area (TPSA) is 74.3 Å². The molecular formula is C24H27Cl2N3O4. The summed E-state index contributed by atoms with van der Waals surface area (Å²) in [6.07, 6.45) is 0.940. The number of nitrogens with zero attached hydrogens (tertiary/aromatic N) is 2. The molecule has 2 bridgehead atoms. The van der Waals surface area contributed by atoms with Gasteiger partial charge < -0.3 is 24.8 Å². The largest absolute Gasteiger partial charge is 0.490 e. The molecule has 1 amide bonds. The predicted molar refractivity (Wildman–Crippen MR) is 125 cm³/mol. The molecule has 3 heterocycles. The van der Waals surface area contributed by atoms with Gasteiger partial charge in [0.25, 0.3) is 0 Å². The van der Waals surface area contributed by atoms with Crippen LogP contribution >= 0.6 is 23.2 Å². The van der Waals surface area contributed by atoms with E-state index >= 15 is 0 Å². The fourth-order valence-corrected chi connectivity index (χ4v) is 5.03. The number of hydrogen-bond donors (Lipinski definition) is 2. The van der Waals surface area contributed by atoms with Crippen LogP contribution < -0.4 is 10.1 Å². The maximum absolute atomic E-state index is 12.4. The van der Waals surface area contributed by atoms with Gasteiger partial charge in [0.2, 0.25) is 5.91 Å². The number of amides is 1. The highest BCUT2D eigenvalue weighted by Gasteiger charge is 2.50. The molecule has 0 aliphatic carbocycles. The quantitative estimate of drug-likeness (QED) is 0.589. The lowest BCUT2D eigenvalue weighted by atomic mass is 10.1. The van der Waals surface area contributed by atoms with Crippen LogP contribution in [0.15, 0.2) is 42.5 Å². The highest BCUT2D eigenvalue weighted by molar-refractivity contribution is 6.42. The molecule has 2 saturated heterocycles. The fourth-order valence-electron chi connectivity index (χ4n) is 4.74. The summed E-state index contributed by atoms with van der Waals surface area (Å²) in [6.45, 7) is 2.65. The lowest BCUT2D eigenvalue weighted by Gasteiger charge is -2.40. The zero-order valence-corrected chi connectivity index (χ0v) is 19.6. The van der Waals surface area contributed by atoms with Crippen molar-refractivity contribution < 1.29 is 19.4 Å². The van der Waals surface area contributed by atoms with Crippen molar-refractivity contribution >= 4 is 29.1 Å². The minimum atomic E-state index is -0.622. The third-order valence-corrected chi connectivity index (χ3v) is 7.19. The summed E-state index contributed by atoms with van der Waals surface area (Å²) >= 11 is 12.0. The first-order valence-electron chi connectivity index (χ1n) is 11.3. The van der Waals surface area contributed by atoms with E-state index in [1.54, 1.807) is 12.1 Å². The van der Waals surface area contributed by atoms with Gasteiger partial charge in [-0.05, 0) is 25.0 Å². The molecule has 7 nitrogen and oxygen atoms in total. The van der Waals surface area contributed by atoms with Crippen LogP contribution in [0.5, 0.6) is 5.75 Å². The van der Waals surface area contributed by atoms with Crippen LogP contribution in [0.4, 0.5) is 0 Å². The Bertz CT molecular complexity index is 986. The van der Waals surface area contributed by atoms with Gasteiger partial charge in [0, 0.05) is 43.4 Å². The maximum atomic E-state index is 12.4. The molecule has 5 rings (SSSR count). The Balaban J connectivity index is 1.00. The molecule has 0 saturated carbocycles. The van der Waals surface area contributed by atoms with E-state index in [1.165, 1.54) is 0 Å². The van der Waals surface area contributed by atoms with Crippen LogP contribution in [0.2, 0.25) is 10.0 Å². The number of carbonyl (C=O) groups excluding carboxylic acids is 1. The van der Waals surface area contributed by atoms with Crippen molar-refractivity contribution in [3.05, 3.63) is 63.6 Å². The van der Waals surface area contributed by atoms with Crippen LogP contribution in [-0.2, 0) is 9.53 Å². The van der Waals surface area contributed by atoms with Crippen molar-refractivity contribution in [1.82, 2.24) is 15.1 Å². The van der Waals surface area contributed by atoms with Gasteiger partial charge in [0.05, 0.1) is 22.7 Å². The normalized spacial score (nSPS) is 23.6. The number of hydrogen-bond acceptors (Lipinski definition) is 6. The molecular weight excluding hydrogens is 465 g/mol. The van der Waals surface area contributed by atoms with Gasteiger partial charge in [-0.25, -0.2) is 4.90 Å². The third-order valence-electron chi connectivity index (χ3n) is 6.45. The summed E-state index contributed by atoms with van der Waals surface area (Å²) in [5, 5.41) is 14.3. The van der Waals surface area contributed by atoms with Crippen molar-refractivity contribution in [2.75, 3.05) is 32.7 Å². The van der Waals surface area contributed by atoms with Crippen molar-refractivity contribution in [2.45, 2.75) is 37.5 Å². The fraction of sp³-hybridized carbons (Fsp3) is 0.458. The molecule has 176 valence electrons. The number of aliphatic hydroxyl groups excluding tert-OH is 1. The van der Waals surface area contributed by atoms with E-state index in [1.807, 2.05) is 35.2 Å². The van der Waals surface area contributed by atoms with Crippen LogP contribution in [-0.4, -0.2) is 65.7 Å². The van der Waals surface area contributed by atoms with E-state index in [4.69, 9.17) is 32.7 Å². The molecule has 9 heteroatoms. The Morgan fingerprint density at radius 1 is 1.12 bits per heavy atom. The average molecular weight is 492 g/mol. The lowest BCUT2D eigenvalue weighted by Crippen LogP contribution is -2.48. The highest BCUT2D eigenvalue weighted by atomic mass is 35.5. The second-order valence-electron chi connectivity index (χ2n) is 8.79. The van der Waals surface area contributed by atoms with Gasteiger partial charge in [-0.3, -0.25) is 4.79 Å². The van der Waals surface area contributed by atoms with E-state index in [0.29, 0.717) is 16.6 Å². The maximum Gasteiger partial charge on any atom is 0.234 e. The number of fused-ring (bicyclic) bond motifs is 5. The summed E-state index contributed by atoms with van der Waals surface area (Å²) in [5.41, 5.74) is 2.28. The monoisotopic (exact) mass is 491 g/mol. The standard InChI is InChI=1S/C24H27Cl2N3O4/c25-20-6-5-17(11-21(20)26)32-16-7-9-28(10-8-16)13-15(30)12-27-22(31)14-29-23-18-3-1-2-4-19(18)24(29)33-23/h1-6,11,15-16,23-24,30H,7-10,12-14H2,(H,27,31)/t15-,23?,24?/m1/s1. The van der Waals surface area contributed by atoms with Gasteiger partial charge in [0.1, 0.15) is 24.3 Å². The summed E-state index contributed by atoms with van der Waals surface area (Å²) in [5.74, 6) is 0.614. The summed E-state index contributed by atoms with van der Waals surface area (Å²) in [4.78, 5) is 16.6. The lowest BCUT2D eigenvalue weighted by molar-refractivity contribution is -0.270. The Morgan fingerprint density at radius 3 is 2.48 bits per heavy atom. The average Bonchev–Trinajstić information content (AvgIpc) is 3.33. The van der Waals surface area contributed by atoms with E-state index in [9.17, 15) is 9.90 Å². The van der Waals surface area contributed by atoms with Crippen molar-refractivity contribution in [3.8, 4) is 5.75 Å². The zero-order chi connectivity index (χ0) is 22.9. The molecule has 3 aliphatic rings. The Morgan fingerprint density at radius 2 is 1.82 bits per heavy atom. The number of benzene rings is 2. The van der Waals surface area contributed by atoms with Crippen molar-refractivity contribution in [3.63, 3.8) is 0 Å². The number of piperidine rings is 1. The van der Waals surface area contributed by atoms with Crippen LogP contribution in [0.1, 0.15) is 36.4 Å². The Labute approximate surface area is 203 Å². The number of likely N-dealkylation sites (tertiary alicyclic amines) is 1. The van der Waals surface area contributed by atoms with E-state index < -0.39 is 6.10 Å². The molecule has 2 aromatic rings. The molecule has 0 aromatic heterocycles. The van der Waals surface area contributed by atoms with Gasteiger partial charge in [-0.1, -0.05) is 47.5 Å². The third kappa shape index (κ3) is 4.99. The zero-order valence-electron chi connectivity index (χ0n) is 18.1. The molecule has 0 spiro atoms. The number of nitrogens with one attached hydrogen (secondary N) is 1. The number of β-amino-alcohol motifs (C(OH)–C–C–N with tert-alkyl or cyclic N) is 1. The summed E-state index contributed by atoms with van der Waals surface area (Å²) in [7, 11) is 0. The smallest absolute Gasteiger partial charge is 0.234 e. The number of aliphatic hydroxyl groups is 1. The highest BCUT2D eigenvalue weighted by Crippen LogP contribution is 2.54. The van der Waals surface area contributed by atoms with Crippen LogP contribution in [0, 0.1) is 0 Å². The molecule has 2 aromatic carbocycles. The van der Waals surface area contributed by atoms with E-state index in [-0.39, 0.29) is 37.6 Å². The first-order chi connectivity index (χ1) is 16.0. The summed E-state index contributed by atoms with van der Waals surface area (Å²) < 4.78 is 11.8. The minimum absolute atomic E-state index is 0.103. The predicted octanol–water partition coefficient (Wildman–Crippen LogP) is 3.36. The molecule has 2 N–H and O–H groups in total. The van der Waals surface area contributed by atoms with Crippen molar-refractivity contribution in [1.29, 1.82) is 0 Å². The number of ether oxygens (including phenoxy) is 2. The van der Waals surface area contributed by atoms with Gasteiger partial charge in [-0.2, -0.15) is 0 Å². The first kappa shape index (κ1) is 22.9. The minimum Gasteiger partial charge on any atom is -0.490 e. The van der Waals surface area contributed by atoms with E-state index in [0.717, 1.165) is 42.8 Å². The molecule has 33 heavy (non-hydrogen) atoms. The number of rotatable bonds is 8. The van der Waals surface area contributed by atoms with Crippen LogP contribution in [0.3, 0.4) is 0 Å². The SMILES string of the molecule is O=C(CN1C2OC1c1ccccc12)NC[C@@H](O)CN1CCC(Oc2ccc(Cl)c(Cl)c2)CC1. The molecule has 3 aliphatic heterocycles. The van der Waals surface area contributed by atoms with Gasteiger partial charge >= 0.3 is 0 Å². The van der Waals surface area contributed by atoms with Gasteiger partial charge in [0.15, 0.2) is 0 Å². The van der Waals surface area contributed by atoms with E-state index in [2.05, 4.69) is 10.2 Å². The van der Waals surface area contributed by atoms with Crippen molar-refractivity contribution in [2.24, 2.45) is 0 Å². The first-order valence-corrected chi connectivity index (χ1v) is 12.0. The molecule has 0 radical (unpaired) electrons. The van der Waals surface area contributed by atoms with Crippen LogP contribution in [0.25, 0.3) is 0 Å². The molecule has 2 fully saturated rings. The number of carbonyl (C=O) groups is 1. The Hall–Kier alpha value is -1.87. The number of halogens is 2. The molecule has 2 unspecified atom stereocenters.